The van der Waals surface area contributed by atoms with E-state index < -0.39 is 36.6 Å². The second kappa shape index (κ2) is 24.7. The number of fused-ring (bicyclic) bond motifs is 3. The van der Waals surface area contributed by atoms with Crippen LogP contribution in [0.1, 0.15) is 219 Å². The molecular formula is C67H110O6. The first kappa shape index (κ1) is 58.6. The number of hydrogen-bond donors (Lipinski definition) is 6. The lowest BCUT2D eigenvalue weighted by Gasteiger charge is -2.44. The maximum absolute atomic E-state index is 10.1. The smallest absolute Gasteiger partial charge is 0.0809 e. The molecule has 0 aliphatic heterocycles. The molecule has 9 aliphatic carbocycles. The molecule has 0 bridgehead atoms. The molecule has 0 saturated heterocycles. The van der Waals surface area contributed by atoms with Crippen molar-refractivity contribution in [2.24, 2.45) is 81.3 Å². The molecule has 0 aromatic rings. The van der Waals surface area contributed by atoms with Gasteiger partial charge in [-0.15, -0.1) is 0 Å². The van der Waals surface area contributed by atoms with Crippen molar-refractivity contribution >= 4 is 0 Å². The van der Waals surface area contributed by atoms with E-state index in [2.05, 4.69) is 105 Å². The summed E-state index contributed by atoms with van der Waals surface area (Å²) in [6, 6.07) is 0. The highest BCUT2D eigenvalue weighted by Crippen LogP contribution is 2.62. The summed E-state index contributed by atoms with van der Waals surface area (Å²) in [6.07, 6.45) is 36.2. The van der Waals surface area contributed by atoms with Crippen molar-refractivity contribution in [3.8, 4) is 0 Å². The van der Waals surface area contributed by atoms with E-state index in [1.54, 1.807) is 16.7 Å². The maximum Gasteiger partial charge on any atom is 0.0809 e. The molecule has 0 aromatic heterocycles. The third kappa shape index (κ3) is 12.8. The predicted molar refractivity (Wildman–Crippen MR) is 305 cm³/mol. The Labute approximate surface area is 447 Å². The number of hydrogen-bond acceptors (Lipinski definition) is 6. The third-order valence-electron chi connectivity index (χ3n) is 22.7. The summed E-state index contributed by atoms with van der Waals surface area (Å²) in [5.41, 5.74) is 10.5. The van der Waals surface area contributed by atoms with Crippen molar-refractivity contribution < 1.29 is 32.1 Å². The average Bonchev–Trinajstić information content (AvgIpc) is 4.02. The van der Waals surface area contributed by atoms with Gasteiger partial charge in [-0.25, -0.2) is 0 Å². The Morgan fingerprint density at radius 1 is 0.479 bits per heavy atom. The van der Waals surface area contributed by atoms with Gasteiger partial charge in [0.1, 0.15) is 0 Å². The Morgan fingerprint density at radius 2 is 0.781 bits per heavy atom. The van der Waals surface area contributed by atoms with Crippen LogP contribution in [0.3, 0.4) is 0 Å². The molecule has 16 atom stereocenters. The normalized spacial score (nSPS) is 43.8. The summed E-state index contributed by atoms with van der Waals surface area (Å²) >= 11 is 0. The van der Waals surface area contributed by atoms with Crippen LogP contribution in [-0.4, -0.2) is 67.3 Å². The van der Waals surface area contributed by atoms with Gasteiger partial charge in [0.2, 0.25) is 0 Å². The number of aliphatic hydroxyl groups excluding tert-OH is 6. The minimum Gasteiger partial charge on any atom is -0.392 e. The molecule has 6 heteroatoms. The first-order valence-electron chi connectivity index (χ1n) is 30.4. The summed E-state index contributed by atoms with van der Waals surface area (Å²) < 4.78 is 0. The first-order chi connectivity index (χ1) is 34.5. The highest BCUT2D eigenvalue weighted by atomic mass is 16.3. The number of allylic oxidation sites excluding steroid dienone is 9. The van der Waals surface area contributed by atoms with Crippen LogP contribution in [0.15, 0.2) is 82.0 Å². The summed E-state index contributed by atoms with van der Waals surface area (Å²) in [6.45, 7) is 29.6. The molecule has 6 nitrogen and oxygen atoms in total. The van der Waals surface area contributed by atoms with Crippen molar-refractivity contribution in [2.75, 3.05) is 0 Å². The van der Waals surface area contributed by atoms with Crippen LogP contribution in [0.5, 0.6) is 0 Å². The highest BCUT2D eigenvalue weighted by Gasteiger charge is 2.52. The van der Waals surface area contributed by atoms with Crippen LogP contribution in [-0.2, 0) is 0 Å². The van der Waals surface area contributed by atoms with E-state index in [0.29, 0.717) is 34.7 Å². The van der Waals surface area contributed by atoms with Crippen molar-refractivity contribution in [1.82, 2.24) is 0 Å². The molecule has 9 saturated carbocycles. The van der Waals surface area contributed by atoms with Gasteiger partial charge in [-0.2, -0.15) is 0 Å². The lowest BCUT2D eigenvalue weighted by Crippen LogP contribution is -2.35. The first-order valence-corrected chi connectivity index (χ1v) is 30.4. The van der Waals surface area contributed by atoms with Crippen molar-refractivity contribution in [3.63, 3.8) is 0 Å². The van der Waals surface area contributed by atoms with E-state index in [4.69, 9.17) is 0 Å². The molecule has 0 aromatic carbocycles. The Kier molecular flexibility index (Phi) is 19.9. The SMILES string of the molecule is C=C1[C@H](O)CC(=C/C=C2\CCC[C@]3(C)C([C@@H](C)CC)CC[C@@H]23)C[C@H]1O.CC1[C@H](O)CC(=C/C=C2\CCC[C@]3(C)[C@@H](C(C)C)CC[C@@H]23)C[C@H]1O.CC1[C@H](O)CC(=C/C=C2\CCC[C@]3(C)[C@@H](C(C)C)CC[C@@H]23)C[C@H]1O.[HH]. The molecule has 0 radical (unpaired) electrons. The predicted octanol–water partition coefficient (Wildman–Crippen LogP) is 15.1. The Balaban J connectivity index is 0.000000180. The van der Waals surface area contributed by atoms with Gasteiger partial charge < -0.3 is 30.6 Å². The van der Waals surface area contributed by atoms with Crippen LogP contribution in [0.2, 0.25) is 0 Å². The van der Waals surface area contributed by atoms with E-state index in [-0.39, 0.29) is 13.3 Å². The van der Waals surface area contributed by atoms with Gasteiger partial charge in [0.25, 0.3) is 0 Å². The largest absolute Gasteiger partial charge is 0.392 e. The average molecular weight is 1010 g/mol. The molecule has 6 N–H and O–H groups in total. The van der Waals surface area contributed by atoms with Gasteiger partial charge in [-0.05, 0) is 210 Å². The minimum absolute atomic E-state index is 0. The Bertz CT molecular complexity index is 1940. The van der Waals surface area contributed by atoms with Gasteiger partial charge in [-0.3, -0.25) is 0 Å². The van der Waals surface area contributed by atoms with Crippen LogP contribution < -0.4 is 0 Å². The summed E-state index contributed by atoms with van der Waals surface area (Å²) in [4.78, 5) is 0. The monoisotopic (exact) mass is 1010 g/mol. The maximum atomic E-state index is 10.1. The van der Waals surface area contributed by atoms with Gasteiger partial charge in [-0.1, -0.05) is 159 Å². The Morgan fingerprint density at radius 3 is 1.10 bits per heavy atom. The van der Waals surface area contributed by atoms with Crippen LogP contribution in [0.25, 0.3) is 0 Å². The molecular weight excluding hydrogens is 901 g/mol. The van der Waals surface area contributed by atoms with Crippen molar-refractivity contribution in [1.29, 1.82) is 0 Å². The molecule has 9 fully saturated rings. The molecule has 0 heterocycles. The molecule has 9 aliphatic rings. The fourth-order valence-corrected chi connectivity index (χ4v) is 17.9. The zero-order chi connectivity index (χ0) is 53.2. The number of rotatable bonds is 7. The highest BCUT2D eigenvalue weighted by molar-refractivity contribution is 5.31. The van der Waals surface area contributed by atoms with Crippen molar-refractivity contribution in [3.05, 3.63) is 82.0 Å². The van der Waals surface area contributed by atoms with E-state index in [0.717, 1.165) is 84.5 Å². The third-order valence-corrected chi connectivity index (χ3v) is 22.7. The van der Waals surface area contributed by atoms with E-state index in [1.165, 1.54) is 114 Å². The fourth-order valence-electron chi connectivity index (χ4n) is 17.9. The second-order valence-electron chi connectivity index (χ2n) is 27.7. The standard InChI is InChI=1S/C23H36O2.2C22H36O2.H2/c1-5-15(2)19-10-11-20-18(7-6-12-23(19,20)4)9-8-17-13-21(24)16(3)22(25)14-17;2*1-14(2)18-9-10-19-17(6-5-11-22(18,19)4)8-7-16-12-20(23)15(3)21(24)13-16;/h8-9,15,19-22,24-25H,3,5-7,10-14H2,1-2,4H3;2*7-8,14-15,18-21,23-24H,5-6,9-13H2,1-4H3;1H/b18-9+;2*16-7?,17-8+;/t15-,19?,20-,21+,22+,23+;2*15?,18-,19+,20-,21-,22-;/m011./s1. The van der Waals surface area contributed by atoms with Crippen molar-refractivity contribution in [2.45, 2.75) is 254 Å². The lowest BCUT2D eigenvalue weighted by molar-refractivity contribution is 0.00358. The minimum atomic E-state index is -0.591. The van der Waals surface area contributed by atoms with Crippen LogP contribution in [0, 0.1) is 81.3 Å². The molecule has 0 spiro atoms. The van der Waals surface area contributed by atoms with Gasteiger partial charge in [0, 0.05) is 13.3 Å². The van der Waals surface area contributed by atoms with Crippen LogP contribution >= 0.6 is 0 Å². The molecule has 73 heavy (non-hydrogen) atoms. The lowest BCUT2D eigenvalue weighted by atomic mass is 9.61. The van der Waals surface area contributed by atoms with Gasteiger partial charge in [0.05, 0.1) is 36.6 Å². The zero-order valence-corrected chi connectivity index (χ0v) is 48.2. The van der Waals surface area contributed by atoms with E-state index >= 15 is 0 Å². The topological polar surface area (TPSA) is 121 Å². The van der Waals surface area contributed by atoms with Gasteiger partial charge >= 0.3 is 0 Å². The quantitative estimate of drug-likeness (QED) is 0.141. The number of aliphatic hydroxyl groups is 6. The van der Waals surface area contributed by atoms with E-state index in [9.17, 15) is 30.6 Å². The zero-order valence-electron chi connectivity index (χ0n) is 48.2. The summed E-state index contributed by atoms with van der Waals surface area (Å²) in [7, 11) is 0. The molecule has 414 valence electrons. The van der Waals surface area contributed by atoms with Crippen LogP contribution in [0.4, 0.5) is 0 Å². The molecule has 9 rings (SSSR count). The fraction of sp³-hybridized carbons (Fsp3) is 0.791. The van der Waals surface area contributed by atoms with E-state index in [1.807, 2.05) is 13.8 Å². The summed E-state index contributed by atoms with van der Waals surface area (Å²) in [5.74, 6) is 7.17. The summed E-state index contributed by atoms with van der Waals surface area (Å²) in [5, 5.41) is 60.6. The second-order valence-corrected chi connectivity index (χ2v) is 27.7. The van der Waals surface area contributed by atoms with Gasteiger partial charge in [0.15, 0.2) is 0 Å². The molecule has 0 amide bonds. The molecule has 1 unspecified atom stereocenters. The Hall–Kier alpha value is -2.06.